The average Bonchev–Trinajstić information content (AvgIpc) is 3.56. The predicted octanol–water partition coefficient (Wildman–Crippen LogP) is 3.11. The summed E-state index contributed by atoms with van der Waals surface area (Å²) in [4.78, 5) is 17.6. The average molecular weight is 405 g/mol. The summed E-state index contributed by atoms with van der Waals surface area (Å²) in [6.07, 6.45) is 5.01. The molecule has 3 aliphatic rings. The minimum Gasteiger partial charge on any atom is -0.379 e. The van der Waals surface area contributed by atoms with E-state index >= 15 is 0 Å². The van der Waals surface area contributed by atoms with Crippen molar-refractivity contribution in [1.82, 2.24) is 9.80 Å². The Morgan fingerprint density at radius 2 is 1.96 bits per heavy atom. The molecule has 0 bridgehead atoms. The van der Waals surface area contributed by atoms with Crippen LogP contribution in [-0.2, 0) is 9.53 Å². The van der Waals surface area contributed by atoms with Gasteiger partial charge in [0.05, 0.1) is 19.3 Å². The minimum atomic E-state index is -0.485. The number of carbonyl (C=O) groups is 1. The number of carbonyl (C=O) groups excluding carboxylic acids is 1. The Hall–Kier alpha value is -1.21. The van der Waals surface area contributed by atoms with Crippen molar-refractivity contribution in [2.24, 2.45) is 5.92 Å². The number of ketones is 1. The summed E-state index contributed by atoms with van der Waals surface area (Å²) in [5.41, 5.74) is 1.76. The van der Waals surface area contributed by atoms with Crippen molar-refractivity contribution >= 4 is 18.4 Å². The molecule has 0 N–H and O–H groups in total. The fraction of sp³-hybridized carbons (Fsp3) is 0.591. The number of benzene rings is 1. The zero-order valence-corrected chi connectivity index (χ0v) is 17.1. The number of Topliss-reactive ketones (excluding diaryl/α,β-unsaturated/α-hetero) is 1. The van der Waals surface area contributed by atoms with E-state index in [2.05, 4.69) is 15.9 Å². The second-order valence-electron chi connectivity index (χ2n) is 8.07. The van der Waals surface area contributed by atoms with Gasteiger partial charge in [0.25, 0.3) is 0 Å². The van der Waals surface area contributed by atoms with Gasteiger partial charge in [0.1, 0.15) is 5.82 Å². The Morgan fingerprint density at radius 3 is 2.68 bits per heavy atom. The van der Waals surface area contributed by atoms with Gasteiger partial charge >= 0.3 is 0 Å². The largest absolute Gasteiger partial charge is 0.379 e. The molecular formula is C22H29FN2O2S. The number of thiol groups is 1. The number of morpholine rings is 1. The van der Waals surface area contributed by atoms with E-state index in [0.29, 0.717) is 12.1 Å². The Balaban J connectivity index is 1.53. The van der Waals surface area contributed by atoms with Gasteiger partial charge in [-0.2, -0.15) is 12.6 Å². The molecule has 1 saturated carbocycles. The molecule has 2 aliphatic heterocycles. The number of nitrogens with zero attached hydrogens (tertiary/aromatic N) is 2. The molecule has 28 heavy (non-hydrogen) atoms. The van der Waals surface area contributed by atoms with E-state index in [-0.39, 0.29) is 22.8 Å². The molecule has 152 valence electrons. The van der Waals surface area contributed by atoms with Crippen LogP contribution in [0.4, 0.5) is 4.39 Å². The SMILES string of the molecule is O=C(C1CC1)C(c1ccccc1F)N1CCC(S)/C(=C/CN2CCOCC2)C1. The summed E-state index contributed by atoms with van der Waals surface area (Å²) < 4.78 is 20.0. The molecule has 1 aliphatic carbocycles. The monoisotopic (exact) mass is 404 g/mol. The molecule has 6 heteroatoms. The molecule has 2 saturated heterocycles. The van der Waals surface area contributed by atoms with Crippen LogP contribution in [0.3, 0.4) is 0 Å². The van der Waals surface area contributed by atoms with Gasteiger partial charge in [-0.25, -0.2) is 4.39 Å². The summed E-state index contributed by atoms with van der Waals surface area (Å²) in [6, 6.07) is 6.26. The summed E-state index contributed by atoms with van der Waals surface area (Å²) in [5, 5.41) is 0.203. The molecule has 1 aromatic rings. The van der Waals surface area contributed by atoms with Gasteiger partial charge in [-0.1, -0.05) is 24.3 Å². The molecule has 0 radical (unpaired) electrons. The molecule has 0 spiro atoms. The zero-order chi connectivity index (χ0) is 19.5. The third-order valence-corrected chi connectivity index (χ3v) is 6.62. The standard InChI is InChI=1S/C22H29FN2O2S/c23-19-4-2-1-3-18(19)21(22(26)16-5-6-16)25-10-8-20(28)17(15-25)7-9-24-11-13-27-14-12-24/h1-4,7,16,20-21,28H,5-6,8-15H2/b17-7+. The van der Waals surface area contributed by atoms with E-state index < -0.39 is 6.04 Å². The van der Waals surface area contributed by atoms with E-state index in [1.165, 1.54) is 11.6 Å². The summed E-state index contributed by atoms with van der Waals surface area (Å²) in [6.45, 7) is 5.78. The molecule has 2 unspecified atom stereocenters. The first-order chi connectivity index (χ1) is 13.6. The summed E-state index contributed by atoms with van der Waals surface area (Å²) in [7, 11) is 0. The number of hydrogen-bond donors (Lipinski definition) is 1. The van der Waals surface area contributed by atoms with Crippen molar-refractivity contribution in [3.8, 4) is 0 Å². The molecule has 4 nitrogen and oxygen atoms in total. The van der Waals surface area contributed by atoms with E-state index in [0.717, 1.165) is 58.7 Å². The smallest absolute Gasteiger partial charge is 0.157 e. The molecule has 4 rings (SSSR count). The zero-order valence-electron chi connectivity index (χ0n) is 16.2. The number of piperidine rings is 1. The van der Waals surface area contributed by atoms with Crippen molar-refractivity contribution in [2.45, 2.75) is 30.6 Å². The van der Waals surface area contributed by atoms with Crippen LogP contribution in [0.15, 0.2) is 35.9 Å². The van der Waals surface area contributed by atoms with Crippen molar-refractivity contribution < 1.29 is 13.9 Å². The number of rotatable bonds is 6. The van der Waals surface area contributed by atoms with Crippen molar-refractivity contribution in [1.29, 1.82) is 0 Å². The lowest BCUT2D eigenvalue weighted by atomic mass is 9.93. The highest BCUT2D eigenvalue weighted by Gasteiger charge is 2.40. The second-order valence-corrected chi connectivity index (χ2v) is 8.69. The first-order valence-corrected chi connectivity index (χ1v) is 10.8. The van der Waals surface area contributed by atoms with E-state index in [1.807, 2.05) is 6.07 Å². The molecule has 2 atom stereocenters. The number of ether oxygens (including phenoxy) is 1. The predicted molar refractivity (Wildman–Crippen MR) is 111 cm³/mol. The Morgan fingerprint density at radius 1 is 1.21 bits per heavy atom. The highest BCUT2D eigenvalue weighted by atomic mass is 32.1. The van der Waals surface area contributed by atoms with E-state index in [4.69, 9.17) is 17.4 Å². The number of hydrogen-bond acceptors (Lipinski definition) is 5. The van der Waals surface area contributed by atoms with Crippen LogP contribution in [0, 0.1) is 11.7 Å². The first-order valence-electron chi connectivity index (χ1n) is 10.3. The highest BCUT2D eigenvalue weighted by molar-refractivity contribution is 7.81. The topological polar surface area (TPSA) is 32.8 Å². The maximum Gasteiger partial charge on any atom is 0.157 e. The van der Waals surface area contributed by atoms with Gasteiger partial charge in [-0.3, -0.25) is 14.6 Å². The van der Waals surface area contributed by atoms with Gasteiger partial charge in [0.15, 0.2) is 5.78 Å². The van der Waals surface area contributed by atoms with Crippen LogP contribution in [0.1, 0.15) is 30.9 Å². The molecule has 1 aromatic carbocycles. The Kier molecular flexibility index (Phi) is 6.51. The van der Waals surface area contributed by atoms with Crippen LogP contribution in [0.2, 0.25) is 0 Å². The fourth-order valence-corrected chi connectivity index (χ4v) is 4.46. The van der Waals surface area contributed by atoms with Crippen molar-refractivity contribution in [3.05, 3.63) is 47.3 Å². The highest BCUT2D eigenvalue weighted by Crippen LogP contribution is 2.39. The van der Waals surface area contributed by atoms with Gasteiger partial charge in [0.2, 0.25) is 0 Å². The van der Waals surface area contributed by atoms with Gasteiger partial charge < -0.3 is 4.74 Å². The maximum absolute atomic E-state index is 14.6. The normalized spacial score (nSPS) is 27.1. The van der Waals surface area contributed by atoms with Gasteiger partial charge in [-0.05, 0) is 30.9 Å². The fourth-order valence-electron chi connectivity index (χ4n) is 4.16. The Bertz CT molecular complexity index is 731. The van der Waals surface area contributed by atoms with Crippen LogP contribution < -0.4 is 0 Å². The summed E-state index contributed by atoms with van der Waals surface area (Å²) >= 11 is 4.78. The molecule has 2 heterocycles. The van der Waals surface area contributed by atoms with Crippen LogP contribution in [0.5, 0.6) is 0 Å². The quantitative estimate of drug-likeness (QED) is 0.583. The first kappa shape index (κ1) is 20.1. The van der Waals surface area contributed by atoms with Gasteiger partial charge in [-0.15, -0.1) is 0 Å². The minimum absolute atomic E-state index is 0.0964. The lowest BCUT2D eigenvalue weighted by Gasteiger charge is -2.38. The summed E-state index contributed by atoms with van der Waals surface area (Å²) in [5.74, 6) is -0.0114. The number of likely N-dealkylation sites (tertiary alicyclic amines) is 1. The van der Waals surface area contributed by atoms with Crippen LogP contribution in [0.25, 0.3) is 0 Å². The van der Waals surface area contributed by atoms with Crippen LogP contribution >= 0.6 is 12.6 Å². The third kappa shape index (κ3) is 4.67. The maximum atomic E-state index is 14.6. The third-order valence-electron chi connectivity index (χ3n) is 6.03. The van der Waals surface area contributed by atoms with Gasteiger partial charge in [0, 0.05) is 49.5 Å². The molecule has 0 amide bonds. The van der Waals surface area contributed by atoms with Crippen LogP contribution in [-0.4, -0.2) is 66.8 Å². The van der Waals surface area contributed by atoms with E-state index in [9.17, 15) is 9.18 Å². The number of halogens is 1. The molecule has 3 fully saturated rings. The molecule has 0 aromatic heterocycles. The molecular weight excluding hydrogens is 375 g/mol. The lowest BCUT2D eigenvalue weighted by Crippen LogP contribution is -2.43. The van der Waals surface area contributed by atoms with Crippen molar-refractivity contribution in [3.63, 3.8) is 0 Å². The Labute approximate surface area is 172 Å². The van der Waals surface area contributed by atoms with E-state index in [1.54, 1.807) is 12.1 Å². The van der Waals surface area contributed by atoms with Crippen molar-refractivity contribution in [2.75, 3.05) is 45.9 Å². The second kappa shape index (κ2) is 9.08. The lowest BCUT2D eigenvalue weighted by molar-refractivity contribution is -0.126.